The van der Waals surface area contributed by atoms with Crippen LogP contribution in [0.2, 0.25) is 0 Å². The maximum absolute atomic E-state index is 7.92. The molecule has 0 bridgehead atoms. The molecular formula is C8H22N2O2. The molecule has 0 saturated heterocycles. The Hall–Kier alpha value is -0.740. The maximum atomic E-state index is 7.92. The van der Waals surface area contributed by atoms with Crippen molar-refractivity contribution < 1.29 is 10.2 Å². The van der Waals surface area contributed by atoms with Crippen molar-refractivity contribution in [2.45, 2.75) is 27.7 Å². The van der Waals surface area contributed by atoms with Gasteiger partial charge in [0, 0.05) is 26.1 Å². The van der Waals surface area contributed by atoms with Gasteiger partial charge in [-0.25, -0.2) is 0 Å². The molecule has 0 heterocycles. The third-order valence-corrected chi connectivity index (χ3v) is 0.547. The van der Waals surface area contributed by atoms with Crippen molar-refractivity contribution in [1.82, 2.24) is 0 Å². The second kappa shape index (κ2) is 31.8. The summed E-state index contributed by atoms with van der Waals surface area (Å²) in [6, 6.07) is 0. The minimum Gasteiger partial charge on any atom is -0.396 e. The van der Waals surface area contributed by atoms with Crippen LogP contribution in [-0.4, -0.2) is 35.9 Å². The zero-order chi connectivity index (χ0) is 8.24. The number of hydrogen-bond acceptors (Lipinski definition) is 4. The highest BCUT2D eigenvalue weighted by Crippen LogP contribution is 1.60. The Labute approximate surface area is 75.3 Å². The fourth-order valence-corrected chi connectivity index (χ4v) is 0.129. The van der Waals surface area contributed by atoms with Crippen LogP contribution in [0.25, 0.3) is 0 Å². The van der Waals surface area contributed by atoms with Crippen molar-refractivity contribution in [3.8, 4) is 0 Å². The summed E-state index contributed by atoms with van der Waals surface area (Å²) in [7, 11) is 0. The fraction of sp³-hybridized carbons (Fsp3) is 0.750. The maximum Gasteiger partial charge on any atom is 0.0480 e. The van der Waals surface area contributed by atoms with Crippen molar-refractivity contribution in [2.24, 2.45) is 0 Å². The quantitative estimate of drug-likeness (QED) is 0.489. The van der Waals surface area contributed by atoms with Gasteiger partial charge in [-0.15, -0.1) is 0 Å². The first-order valence-corrected chi connectivity index (χ1v) is 3.03. The van der Waals surface area contributed by atoms with Gasteiger partial charge in [-0.05, 0) is 12.4 Å². The lowest BCUT2D eigenvalue weighted by molar-refractivity contribution is 0.307. The summed E-state index contributed by atoms with van der Waals surface area (Å²) in [5.74, 6) is 0. The van der Waals surface area contributed by atoms with Crippen molar-refractivity contribution in [2.75, 3.05) is 13.2 Å². The molecule has 0 saturated carbocycles. The third-order valence-electron chi connectivity index (χ3n) is 0.547. The van der Waals surface area contributed by atoms with Gasteiger partial charge < -0.3 is 21.0 Å². The summed E-state index contributed by atoms with van der Waals surface area (Å²) < 4.78 is 0. The summed E-state index contributed by atoms with van der Waals surface area (Å²) in [6.07, 6.45) is 3.33. The van der Waals surface area contributed by atoms with Gasteiger partial charge in [-0.2, -0.15) is 0 Å². The normalized spacial score (nSPS) is 6.17. The first-order chi connectivity index (χ1) is 4.83. The summed E-state index contributed by atoms with van der Waals surface area (Å²) in [6.45, 7) is 0.201. The van der Waals surface area contributed by atoms with E-state index in [4.69, 9.17) is 21.0 Å². The van der Waals surface area contributed by atoms with Gasteiger partial charge in [0.25, 0.3) is 0 Å². The molecule has 0 unspecified atom stereocenters. The molecule has 0 fully saturated rings. The first kappa shape index (κ1) is 22.5. The van der Waals surface area contributed by atoms with Crippen molar-refractivity contribution >= 4 is 12.4 Å². The predicted molar refractivity (Wildman–Crippen MR) is 54.4 cm³/mol. The molecule has 0 atom stereocenters. The average molecular weight is 178 g/mol. The van der Waals surface area contributed by atoms with Gasteiger partial charge in [0.1, 0.15) is 0 Å². The average Bonchev–Trinajstić information content (AvgIpc) is 1.93. The minimum atomic E-state index is 0. The Morgan fingerprint density at radius 1 is 0.833 bits per heavy atom. The lowest BCUT2D eigenvalue weighted by atomic mass is 10.5. The molecule has 0 spiro atoms. The largest absolute Gasteiger partial charge is 0.396 e. The number of aliphatic hydroxyl groups is 2. The van der Waals surface area contributed by atoms with E-state index in [1.165, 1.54) is 12.4 Å². The van der Waals surface area contributed by atoms with Gasteiger partial charge in [0.2, 0.25) is 0 Å². The topological polar surface area (TPSA) is 88.2 Å². The monoisotopic (exact) mass is 178 g/mol. The molecule has 4 N–H and O–H groups in total. The highest BCUT2D eigenvalue weighted by molar-refractivity contribution is 5.52. The molecular weight excluding hydrogens is 156 g/mol. The highest BCUT2D eigenvalue weighted by atomic mass is 16.3. The van der Waals surface area contributed by atoms with E-state index in [-0.39, 0.29) is 28.1 Å². The highest BCUT2D eigenvalue weighted by Gasteiger charge is 1.64. The second-order valence-electron chi connectivity index (χ2n) is 1.43. The Morgan fingerprint density at radius 2 is 1.08 bits per heavy atom. The molecule has 0 aromatic heterocycles. The minimum absolute atomic E-state index is 0. The van der Waals surface area contributed by atoms with E-state index in [1.54, 1.807) is 0 Å². The molecule has 0 aliphatic rings. The number of hydrogen-bond donors (Lipinski definition) is 4. The Morgan fingerprint density at radius 3 is 1.08 bits per heavy atom. The smallest absolute Gasteiger partial charge is 0.0480 e. The molecule has 4 heteroatoms. The van der Waals surface area contributed by atoms with E-state index in [1.807, 2.05) is 0 Å². The first-order valence-electron chi connectivity index (χ1n) is 3.03. The molecule has 0 amide bonds. The van der Waals surface area contributed by atoms with Crippen molar-refractivity contribution in [3.05, 3.63) is 0 Å². The molecule has 0 aromatic carbocycles. The standard InChI is InChI=1S/2C3H7NO.2CH4/c2*4-2-1-3-5;;/h2*2,4-5H,1,3H2;2*1H4. The van der Waals surface area contributed by atoms with Crippen LogP contribution in [0.4, 0.5) is 0 Å². The third kappa shape index (κ3) is 59.4. The van der Waals surface area contributed by atoms with Gasteiger partial charge >= 0.3 is 0 Å². The van der Waals surface area contributed by atoms with Gasteiger partial charge in [-0.3, -0.25) is 0 Å². The SMILES string of the molecule is C.C.N=CCCO.N=CCCO. The summed E-state index contributed by atoms with van der Waals surface area (Å²) in [5.41, 5.74) is 0. The second-order valence-corrected chi connectivity index (χ2v) is 1.43. The zero-order valence-electron chi connectivity index (χ0n) is 5.88. The summed E-state index contributed by atoms with van der Waals surface area (Å²) in [5, 5.41) is 28.5. The van der Waals surface area contributed by atoms with Gasteiger partial charge in [-0.1, -0.05) is 14.9 Å². The van der Waals surface area contributed by atoms with Crippen LogP contribution in [0.15, 0.2) is 0 Å². The van der Waals surface area contributed by atoms with Crippen LogP contribution >= 0.6 is 0 Å². The molecule has 0 aliphatic heterocycles. The summed E-state index contributed by atoms with van der Waals surface area (Å²) in [4.78, 5) is 0. The summed E-state index contributed by atoms with van der Waals surface area (Å²) >= 11 is 0. The van der Waals surface area contributed by atoms with Crippen LogP contribution in [-0.2, 0) is 0 Å². The predicted octanol–water partition coefficient (Wildman–Crippen LogP) is 1.31. The van der Waals surface area contributed by atoms with E-state index in [0.29, 0.717) is 12.8 Å². The van der Waals surface area contributed by atoms with Crippen LogP contribution in [0, 0.1) is 10.8 Å². The van der Waals surface area contributed by atoms with E-state index < -0.39 is 0 Å². The Kier molecular flexibility index (Phi) is 59.6. The molecule has 0 aromatic rings. The molecule has 0 radical (unpaired) electrons. The zero-order valence-corrected chi connectivity index (χ0v) is 5.88. The van der Waals surface area contributed by atoms with Crippen LogP contribution < -0.4 is 0 Å². The molecule has 76 valence electrons. The van der Waals surface area contributed by atoms with Crippen molar-refractivity contribution in [1.29, 1.82) is 10.8 Å². The molecule has 4 nitrogen and oxygen atoms in total. The fourth-order valence-electron chi connectivity index (χ4n) is 0.129. The van der Waals surface area contributed by atoms with E-state index >= 15 is 0 Å². The number of aliphatic hydroxyl groups excluding tert-OH is 2. The Balaban J connectivity index is -0.0000000457. The lowest BCUT2D eigenvalue weighted by Crippen LogP contribution is -1.78. The number of rotatable bonds is 4. The van der Waals surface area contributed by atoms with Crippen molar-refractivity contribution in [3.63, 3.8) is 0 Å². The number of nitrogens with one attached hydrogen (secondary N) is 2. The van der Waals surface area contributed by atoms with Gasteiger partial charge in [0.05, 0.1) is 0 Å². The van der Waals surface area contributed by atoms with E-state index in [9.17, 15) is 0 Å². The molecule has 0 rings (SSSR count). The van der Waals surface area contributed by atoms with Crippen LogP contribution in [0.3, 0.4) is 0 Å². The van der Waals surface area contributed by atoms with Crippen LogP contribution in [0.5, 0.6) is 0 Å². The molecule has 0 aliphatic carbocycles. The van der Waals surface area contributed by atoms with E-state index in [0.717, 1.165) is 0 Å². The molecule has 12 heavy (non-hydrogen) atoms. The van der Waals surface area contributed by atoms with E-state index in [2.05, 4.69) is 0 Å². The van der Waals surface area contributed by atoms with Crippen LogP contribution in [0.1, 0.15) is 27.7 Å². The lowest BCUT2D eigenvalue weighted by Gasteiger charge is -1.72. The van der Waals surface area contributed by atoms with Gasteiger partial charge in [0.15, 0.2) is 0 Å². The Bertz CT molecular complexity index is 67.5.